The van der Waals surface area contributed by atoms with Crippen LogP contribution in [0.3, 0.4) is 0 Å². The third-order valence-corrected chi connectivity index (χ3v) is 0.536. The van der Waals surface area contributed by atoms with Crippen molar-refractivity contribution in [3.05, 3.63) is 24.3 Å². The molecular weight excluding hydrogens is 246 g/mol. The van der Waals surface area contributed by atoms with E-state index >= 15 is 0 Å². The molecular formula is C6H8KNaO5S. The minimum absolute atomic E-state index is 0. The van der Waals surface area contributed by atoms with Crippen molar-refractivity contribution in [1.29, 1.82) is 0 Å². The van der Waals surface area contributed by atoms with Crippen LogP contribution < -0.4 is 86.0 Å². The van der Waals surface area contributed by atoms with Gasteiger partial charge < -0.3 is 19.0 Å². The van der Waals surface area contributed by atoms with Crippen molar-refractivity contribution in [1.82, 2.24) is 0 Å². The van der Waals surface area contributed by atoms with Gasteiger partial charge in [-0.25, -0.2) is 4.21 Å². The summed E-state index contributed by atoms with van der Waals surface area (Å²) in [5.41, 5.74) is 0. The number of carboxylic acid groups (broad SMARTS) is 1. The Bertz CT molecular complexity index is 202. The molecule has 0 amide bonds. The topological polar surface area (TPSA) is 100 Å². The van der Waals surface area contributed by atoms with Gasteiger partial charge in [-0.15, -0.1) is 0 Å². The Morgan fingerprint density at radius 2 is 1.79 bits per heavy atom. The van der Waals surface area contributed by atoms with E-state index in [-0.39, 0.29) is 80.9 Å². The molecule has 0 aromatic carbocycles. The molecule has 0 bridgehead atoms. The van der Waals surface area contributed by atoms with E-state index in [4.69, 9.17) is 13.3 Å². The average molecular weight is 254 g/mol. The first-order valence-corrected chi connectivity index (χ1v) is 3.82. The summed E-state index contributed by atoms with van der Waals surface area (Å²) in [6, 6.07) is 0. The van der Waals surface area contributed by atoms with Gasteiger partial charge in [0.2, 0.25) is 0 Å². The second-order valence-corrected chi connectivity index (χ2v) is 1.86. The number of hydrogen-bond donors (Lipinski definition) is 1. The minimum atomic E-state index is -2.86. The molecule has 1 atom stereocenters. The van der Waals surface area contributed by atoms with Gasteiger partial charge in [-0.3, -0.25) is 0 Å². The molecule has 1 unspecified atom stereocenters. The average Bonchev–Trinajstić information content (AvgIpc) is 1.86. The first-order chi connectivity index (χ1) is 5.50. The van der Waals surface area contributed by atoms with Gasteiger partial charge >= 0.3 is 80.9 Å². The van der Waals surface area contributed by atoms with Crippen LogP contribution in [0, 0.1) is 0 Å². The van der Waals surface area contributed by atoms with Gasteiger partial charge in [-0.05, 0) is 13.0 Å². The third kappa shape index (κ3) is 49.4. The third-order valence-electron chi connectivity index (χ3n) is 0.536. The van der Waals surface area contributed by atoms with E-state index in [9.17, 15) is 9.90 Å². The number of carbonyl (C=O) groups is 1. The molecule has 5 nitrogen and oxygen atoms in total. The molecule has 0 aromatic rings. The quantitative estimate of drug-likeness (QED) is 0.228. The molecule has 0 radical (unpaired) electrons. The van der Waals surface area contributed by atoms with E-state index in [1.54, 1.807) is 19.1 Å². The van der Waals surface area contributed by atoms with Gasteiger partial charge in [0.1, 0.15) is 0 Å². The van der Waals surface area contributed by atoms with Gasteiger partial charge in [-0.1, -0.05) is 18.2 Å². The second kappa shape index (κ2) is 20.1. The fourth-order valence-electron chi connectivity index (χ4n) is 0.245. The van der Waals surface area contributed by atoms with Crippen molar-refractivity contribution in [3.8, 4) is 0 Å². The summed E-state index contributed by atoms with van der Waals surface area (Å²) in [5.74, 6) is -1.16. The van der Waals surface area contributed by atoms with Crippen molar-refractivity contribution in [3.63, 3.8) is 0 Å². The minimum Gasteiger partial charge on any atom is -0.750 e. The Hall–Kier alpha value is 1.66. The molecule has 0 aliphatic rings. The molecule has 0 heterocycles. The van der Waals surface area contributed by atoms with Crippen LogP contribution in [0.15, 0.2) is 24.3 Å². The molecule has 8 heteroatoms. The van der Waals surface area contributed by atoms with Crippen molar-refractivity contribution in [2.45, 2.75) is 6.92 Å². The largest absolute Gasteiger partial charge is 1.00 e. The maximum Gasteiger partial charge on any atom is 1.00 e. The molecule has 0 saturated heterocycles. The van der Waals surface area contributed by atoms with Gasteiger partial charge in [0.15, 0.2) is 0 Å². The summed E-state index contributed by atoms with van der Waals surface area (Å²) >= 11 is -2.86. The summed E-state index contributed by atoms with van der Waals surface area (Å²) in [7, 11) is 0. The summed E-state index contributed by atoms with van der Waals surface area (Å²) in [5, 5.41) is 9.64. The molecule has 0 rings (SSSR count). The molecule has 1 N–H and O–H groups in total. The van der Waals surface area contributed by atoms with Crippen molar-refractivity contribution >= 4 is 17.3 Å². The van der Waals surface area contributed by atoms with Crippen molar-refractivity contribution < 1.29 is 104 Å². The number of rotatable bonds is 2. The number of allylic oxidation sites excluding steroid dienone is 3. The first kappa shape index (κ1) is 24.8. The predicted molar refractivity (Wildman–Crippen MR) is 40.5 cm³/mol. The fraction of sp³-hybridized carbons (Fsp3) is 0.167. The Morgan fingerprint density at radius 3 is 2.00 bits per heavy atom. The molecule has 0 aliphatic heterocycles. The first-order valence-electron chi connectivity index (χ1n) is 2.79. The zero-order chi connectivity index (χ0) is 9.98. The van der Waals surface area contributed by atoms with Gasteiger partial charge in [0.25, 0.3) is 0 Å². The Balaban J connectivity index is -0.0000000733. The Labute approximate surface area is 150 Å². The maximum atomic E-state index is 9.64. The smallest absolute Gasteiger partial charge is 0.750 e. The van der Waals surface area contributed by atoms with Gasteiger partial charge in [0, 0.05) is 0 Å². The van der Waals surface area contributed by atoms with E-state index in [0.717, 1.165) is 6.08 Å². The van der Waals surface area contributed by atoms with Crippen LogP contribution in [-0.2, 0) is 16.2 Å². The fourth-order valence-corrected chi connectivity index (χ4v) is 0.245. The summed E-state index contributed by atoms with van der Waals surface area (Å²) in [6.07, 6.45) is 5.74. The van der Waals surface area contributed by atoms with Crippen LogP contribution in [0.25, 0.3) is 0 Å². The van der Waals surface area contributed by atoms with E-state index < -0.39 is 17.3 Å². The summed E-state index contributed by atoms with van der Waals surface area (Å²) < 4.78 is 24.1. The molecule has 0 fully saturated rings. The zero-order valence-electron chi connectivity index (χ0n) is 8.30. The standard InChI is InChI=1S/C6H8O2.K.Na.H2O3S/c1-2-3-4-5-6(7)8;;;1-4(2)3/h2-5H,1H3,(H,7,8);;;(H2,1,2,3)/q;2*+1;/p-2/b3-2+,5-4+;;;. The summed E-state index contributed by atoms with van der Waals surface area (Å²) in [6.45, 7) is 1.81. The van der Waals surface area contributed by atoms with Gasteiger partial charge in [0.05, 0.1) is 17.3 Å². The van der Waals surface area contributed by atoms with Crippen LogP contribution >= 0.6 is 0 Å². The molecule has 0 spiro atoms. The monoisotopic (exact) mass is 254 g/mol. The van der Waals surface area contributed by atoms with Crippen LogP contribution in [0.4, 0.5) is 0 Å². The number of hydrogen-bond acceptors (Lipinski definition) is 4. The summed E-state index contributed by atoms with van der Waals surface area (Å²) in [4.78, 5) is 9.64. The van der Waals surface area contributed by atoms with Crippen molar-refractivity contribution in [2.24, 2.45) is 0 Å². The molecule has 14 heavy (non-hydrogen) atoms. The number of carbonyl (C=O) groups excluding carboxylic acids is 1. The van der Waals surface area contributed by atoms with Crippen LogP contribution in [0.2, 0.25) is 0 Å². The normalized spacial score (nSPS) is 10.8. The second-order valence-electron chi connectivity index (χ2n) is 1.42. The van der Waals surface area contributed by atoms with Crippen LogP contribution in [0.5, 0.6) is 0 Å². The van der Waals surface area contributed by atoms with Crippen LogP contribution in [0.1, 0.15) is 6.92 Å². The molecule has 0 aliphatic carbocycles. The maximum absolute atomic E-state index is 9.64. The number of carboxylic acids is 1. The molecule has 0 saturated carbocycles. The molecule has 0 aromatic heterocycles. The SMILES string of the molecule is C/C=C/C=C/C(=O)[O-].O=S([O-])O.[K+].[Na+]. The van der Waals surface area contributed by atoms with E-state index in [2.05, 4.69) is 0 Å². The van der Waals surface area contributed by atoms with E-state index in [1.165, 1.54) is 6.08 Å². The zero-order valence-corrected chi connectivity index (χ0v) is 14.2. The van der Waals surface area contributed by atoms with Crippen molar-refractivity contribution in [2.75, 3.05) is 0 Å². The van der Waals surface area contributed by atoms with E-state index in [1.807, 2.05) is 0 Å². The van der Waals surface area contributed by atoms with Gasteiger partial charge in [-0.2, -0.15) is 0 Å². The molecule has 70 valence electrons. The number of aliphatic carboxylic acids is 1. The predicted octanol–water partition coefficient (Wildman–Crippen LogP) is -6.78. The van der Waals surface area contributed by atoms with E-state index in [0.29, 0.717) is 0 Å². The Kier molecular flexibility index (Phi) is 35.6. The Morgan fingerprint density at radius 1 is 1.43 bits per heavy atom. The van der Waals surface area contributed by atoms with Crippen LogP contribution in [-0.4, -0.2) is 19.3 Å².